The summed E-state index contributed by atoms with van der Waals surface area (Å²) in [7, 11) is 0. The Morgan fingerprint density at radius 3 is 2.77 bits per heavy atom. The van der Waals surface area contributed by atoms with Crippen LogP contribution in [0.5, 0.6) is 0 Å². The summed E-state index contributed by atoms with van der Waals surface area (Å²) in [6, 6.07) is 7.69. The molecule has 1 saturated heterocycles. The predicted molar refractivity (Wildman–Crippen MR) is 52.8 cm³/mol. The molecule has 0 aromatic heterocycles. The fraction of sp³-hybridized carbons (Fsp3) is 0.400. The van der Waals surface area contributed by atoms with Crippen LogP contribution in [0.25, 0.3) is 0 Å². The van der Waals surface area contributed by atoms with Gasteiger partial charge < -0.3 is 10.5 Å². The minimum absolute atomic E-state index is 0.377. The van der Waals surface area contributed by atoms with Crippen molar-refractivity contribution in [2.45, 2.75) is 12.0 Å². The van der Waals surface area contributed by atoms with Crippen molar-refractivity contribution in [1.82, 2.24) is 0 Å². The summed E-state index contributed by atoms with van der Waals surface area (Å²) >= 11 is 6.06. The summed E-state index contributed by atoms with van der Waals surface area (Å²) in [4.78, 5) is 0. The summed E-state index contributed by atoms with van der Waals surface area (Å²) in [6.45, 7) is 1.29. The van der Waals surface area contributed by atoms with Gasteiger partial charge in [-0.2, -0.15) is 0 Å². The first-order chi connectivity index (χ1) is 6.22. The summed E-state index contributed by atoms with van der Waals surface area (Å²) in [5.74, 6) is 0. The van der Waals surface area contributed by atoms with Crippen LogP contribution >= 0.6 is 11.6 Å². The largest absolute Gasteiger partial charge is 0.379 e. The third-order valence-corrected chi connectivity index (χ3v) is 2.79. The van der Waals surface area contributed by atoms with Gasteiger partial charge in [-0.15, -0.1) is 0 Å². The molecule has 1 aliphatic rings. The maximum atomic E-state index is 6.17. The van der Waals surface area contributed by atoms with Crippen molar-refractivity contribution in [3.05, 3.63) is 34.9 Å². The van der Waals surface area contributed by atoms with Crippen LogP contribution in [0, 0.1) is 0 Å². The van der Waals surface area contributed by atoms with E-state index >= 15 is 0 Å². The molecule has 13 heavy (non-hydrogen) atoms. The highest BCUT2D eigenvalue weighted by Gasteiger charge is 2.33. The molecule has 2 N–H and O–H groups in total. The van der Waals surface area contributed by atoms with E-state index in [0.29, 0.717) is 6.61 Å². The quantitative estimate of drug-likeness (QED) is 0.747. The number of ether oxygens (including phenoxy) is 1. The lowest BCUT2D eigenvalue weighted by atomic mass is 9.90. The molecule has 0 bridgehead atoms. The monoisotopic (exact) mass is 197 g/mol. The second kappa shape index (κ2) is 3.29. The van der Waals surface area contributed by atoms with E-state index in [0.717, 1.165) is 23.6 Å². The second-order valence-corrected chi connectivity index (χ2v) is 3.85. The molecule has 2 rings (SSSR count). The van der Waals surface area contributed by atoms with E-state index in [9.17, 15) is 0 Å². The Labute approximate surface area is 82.6 Å². The van der Waals surface area contributed by atoms with Gasteiger partial charge in [0.25, 0.3) is 0 Å². The van der Waals surface area contributed by atoms with Gasteiger partial charge in [0.15, 0.2) is 0 Å². The number of benzene rings is 1. The van der Waals surface area contributed by atoms with E-state index in [2.05, 4.69) is 0 Å². The lowest BCUT2D eigenvalue weighted by molar-refractivity contribution is 0.178. The first-order valence-electron chi connectivity index (χ1n) is 4.34. The van der Waals surface area contributed by atoms with Crippen molar-refractivity contribution >= 4 is 11.6 Å². The molecule has 3 heteroatoms. The van der Waals surface area contributed by atoms with Gasteiger partial charge in [-0.1, -0.05) is 29.8 Å². The number of hydrogen-bond donors (Lipinski definition) is 1. The Hall–Kier alpha value is -0.570. The lowest BCUT2D eigenvalue weighted by Gasteiger charge is -2.23. The second-order valence-electron chi connectivity index (χ2n) is 3.44. The molecule has 70 valence electrons. The van der Waals surface area contributed by atoms with E-state index in [1.54, 1.807) is 0 Å². The van der Waals surface area contributed by atoms with Crippen LogP contribution in [0.2, 0.25) is 5.02 Å². The fourth-order valence-corrected chi connectivity index (χ4v) is 1.98. The number of halogens is 1. The van der Waals surface area contributed by atoms with Crippen LogP contribution in [0.4, 0.5) is 0 Å². The fourth-order valence-electron chi connectivity index (χ4n) is 1.66. The molecule has 1 heterocycles. The zero-order valence-corrected chi connectivity index (χ0v) is 8.05. The van der Waals surface area contributed by atoms with Gasteiger partial charge in [0.2, 0.25) is 0 Å². The van der Waals surface area contributed by atoms with E-state index in [4.69, 9.17) is 22.1 Å². The SMILES string of the molecule is NC1(c2ccccc2Cl)CCOC1. The van der Waals surface area contributed by atoms with Gasteiger partial charge >= 0.3 is 0 Å². The van der Waals surface area contributed by atoms with Crippen molar-refractivity contribution < 1.29 is 4.74 Å². The Bertz CT molecular complexity index is 308. The van der Waals surface area contributed by atoms with E-state index in [-0.39, 0.29) is 5.54 Å². The highest BCUT2D eigenvalue weighted by Crippen LogP contribution is 2.32. The summed E-state index contributed by atoms with van der Waals surface area (Å²) in [5.41, 5.74) is 6.79. The molecule has 1 fully saturated rings. The molecule has 0 saturated carbocycles. The maximum Gasteiger partial charge on any atom is 0.0689 e. The molecule has 1 aromatic carbocycles. The molecule has 2 nitrogen and oxygen atoms in total. The van der Waals surface area contributed by atoms with Crippen LogP contribution in [0.3, 0.4) is 0 Å². The van der Waals surface area contributed by atoms with Crippen molar-refractivity contribution in [3.8, 4) is 0 Å². The zero-order chi connectivity index (χ0) is 9.31. The molecule has 0 amide bonds. The Kier molecular flexibility index (Phi) is 2.28. The molecule has 1 unspecified atom stereocenters. The normalized spacial score (nSPS) is 27.8. The van der Waals surface area contributed by atoms with Crippen LogP contribution in [0.1, 0.15) is 12.0 Å². The summed E-state index contributed by atoms with van der Waals surface area (Å²) in [6.07, 6.45) is 0.844. The Balaban J connectivity index is 2.39. The average molecular weight is 198 g/mol. The van der Waals surface area contributed by atoms with Gasteiger partial charge in [-0.25, -0.2) is 0 Å². The molecular weight excluding hydrogens is 186 g/mol. The smallest absolute Gasteiger partial charge is 0.0689 e. The van der Waals surface area contributed by atoms with Crippen LogP contribution < -0.4 is 5.73 Å². The minimum Gasteiger partial charge on any atom is -0.379 e. The summed E-state index contributed by atoms with van der Waals surface area (Å²) in [5, 5.41) is 0.732. The molecule has 0 radical (unpaired) electrons. The highest BCUT2D eigenvalue weighted by molar-refractivity contribution is 6.31. The number of nitrogens with two attached hydrogens (primary N) is 1. The molecule has 1 aromatic rings. The average Bonchev–Trinajstić information content (AvgIpc) is 2.54. The Morgan fingerprint density at radius 2 is 2.15 bits per heavy atom. The van der Waals surface area contributed by atoms with Crippen molar-refractivity contribution in [1.29, 1.82) is 0 Å². The van der Waals surface area contributed by atoms with Crippen LogP contribution in [-0.2, 0) is 10.3 Å². The minimum atomic E-state index is -0.377. The van der Waals surface area contributed by atoms with Gasteiger partial charge in [0, 0.05) is 11.6 Å². The van der Waals surface area contributed by atoms with Gasteiger partial charge in [0.1, 0.15) is 0 Å². The predicted octanol–water partition coefficient (Wildman–Crippen LogP) is 1.91. The third kappa shape index (κ3) is 1.57. The maximum absolute atomic E-state index is 6.17. The lowest BCUT2D eigenvalue weighted by Crippen LogP contribution is -2.37. The first kappa shape index (κ1) is 9.00. The highest BCUT2D eigenvalue weighted by atomic mass is 35.5. The Morgan fingerprint density at radius 1 is 1.38 bits per heavy atom. The van der Waals surface area contributed by atoms with Gasteiger partial charge in [-0.05, 0) is 18.1 Å². The first-order valence-corrected chi connectivity index (χ1v) is 4.72. The molecule has 0 aliphatic carbocycles. The van der Waals surface area contributed by atoms with Crippen molar-refractivity contribution in [2.24, 2.45) is 5.73 Å². The van der Waals surface area contributed by atoms with E-state index in [1.165, 1.54) is 0 Å². The molecule has 0 spiro atoms. The van der Waals surface area contributed by atoms with Gasteiger partial charge in [-0.3, -0.25) is 0 Å². The number of rotatable bonds is 1. The zero-order valence-electron chi connectivity index (χ0n) is 7.29. The standard InChI is InChI=1S/C10H12ClNO/c11-9-4-2-1-3-8(9)10(12)5-6-13-7-10/h1-4H,5-7,12H2. The summed E-state index contributed by atoms with van der Waals surface area (Å²) < 4.78 is 5.29. The van der Waals surface area contributed by atoms with Crippen LogP contribution in [-0.4, -0.2) is 13.2 Å². The van der Waals surface area contributed by atoms with E-state index < -0.39 is 0 Å². The molecular formula is C10H12ClNO. The van der Waals surface area contributed by atoms with Crippen molar-refractivity contribution in [2.75, 3.05) is 13.2 Å². The third-order valence-electron chi connectivity index (χ3n) is 2.46. The van der Waals surface area contributed by atoms with Crippen LogP contribution in [0.15, 0.2) is 24.3 Å². The van der Waals surface area contributed by atoms with E-state index in [1.807, 2.05) is 24.3 Å². The van der Waals surface area contributed by atoms with Crippen molar-refractivity contribution in [3.63, 3.8) is 0 Å². The number of hydrogen-bond acceptors (Lipinski definition) is 2. The molecule has 1 atom stereocenters. The van der Waals surface area contributed by atoms with Gasteiger partial charge in [0.05, 0.1) is 12.1 Å². The topological polar surface area (TPSA) is 35.2 Å². The molecule has 1 aliphatic heterocycles.